The molecule has 140 valence electrons. The highest BCUT2D eigenvalue weighted by Gasteiger charge is 2.30. The molecule has 0 spiro atoms. The Bertz CT molecular complexity index is 747. The van der Waals surface area contributed by atoms with Crippen LogP contribution in [0.15, 0.2) is 30.6 Å². The maximum Gasteiger partial charge on any atom is 0.267 e. The summed E-state index contributed by atoms with van der Waals surface area (Å²) < 4.78 is 9.50. The molecule has 1 amide bonds. The Kier molecular flexibility index (Phi) is 5.08. The molecular formula is C19H27N5O2. The van der Waals surface area contributed by atoms with E-state index in [4.69, 9.17) is 4.74 Å². The van der Waals surface area contributed by atoms with Gasteiger partial charge in [0.15, 0.2) is 0 Å². The summed E-state index contributed by atoms with van der Waals surface area (Å²) >= 11 is 0. The van der Waals surface area contributed by atoms with E-state index in [2.05, 4.69) is 26.1 Å². The topological polar surface area (TPSA) is 64.3 Å². The minimum Gasteiger partial charge on any atom is -0.381 e. The van der Waals surface area contributed by atoms with E-state index in [1.807, 2.05) is 36.1 Å². The number of aromatic nitrogens is 3. The van der Waals surface area contributed by atoms with Gasteiger partial charge >= 0.3 is 0 Å². The SMILES string of the molecule is Cn1cccc1C(=O)NCC[C@H]1CN(C2CCOCC2)Cc2ccnn21. The van der Waals surface area contributed by atoms with Crippen LogP contribution in [0.4, 0.5) is 0 Å². The van der Waals surface area contributed by atoms with Gasteiger partial charge in [0.25, 0.3) is 5.91 Å². The maximum absolute atomic E-state index is 12.3. The lowest BCUT2D eigenvalue weighted by molar-refractivity contribution is 0.0158. The van der Waals surface area contributed by atoms with Crippen LogP contribution in [0.1, 0.15) is 41.5 Å². The molecule has 2 aliphatic heterocycles. The summed E-state index contributed by atoms with van der Waals surface area (Å²) in [5.41, 5.74) is 1.96. The van der Waals surface area contributed by atoms with E-state index in [-0.39, 0.29) is 5.91 Å². The molecule has 0 aromatic carbocycles. The normalized spacial score (nSPS) is 21.5. The first-order valence-electron chi connectivity index (χ1n) is 9.46. The van der Waals surface area contributed by atoms with Crippen molar-refractivity contribution in [3.63, 3.8) is 0 Å². The molecule has 0 aliphatic carbocycles. The number of fused-ring (bicyclic) bond motifs is 1. The first-order valence-corrected chi connectivity index (χ1v) is 9.46. The number of nitrogens with one attached hydrogen (secondary N) is 1. The van der Waals surface area contributed by atoms with Gasteiger partial charge < -0.3 is 14.6 Å². The minimum atomic E-state index is -0.0183. The van der Waals surface area contributed by atoms with E-state index in [0.717, 1.165) is 45.6 Å². The zero-order valence-electron chi connectivity index (χ0n) is 15.3. The first-order chi connectivity index (χ1) is 12.7. The fraction of sp³-hybridized carbons (Fsp3) is 0.579. The van der Waals surface area contributed by atoms with Crippen molar-refractivity contribution in [2.75, 3.05) is 26.3 Å². The number of rotatable bonds is 5. The van der Waals surface area contributed by atoms with Crippen molar-refractivity contribution in [1.29, 1.82) is 0 Å². The van der Waals surface area contributed by atoms with Gasteiger partial charge in [0, 0.05) is 58.3 Å². The Balaban J connectivity index is 1.37. The summed E-state index contributed by atoms with van der Waals surface area (Å²) in [4.78, 5) is 14.9. The van der Waals surface area contributed by atoms with Crippen LogP contribution in [0, 0.1) is 0 Å². The molecule has 0 unspecified atom stereocenters. The summed E-state index contributed by atoms with van der Waals surface area (Å²) in [6, 6.07) is 6.73. The van der Waals surface area contributed by atoms with Crippen LogP contribution in [0.2, 0.25) is 0 Å². The predicted molar refractivity (Wildman–Crippen MR) is 97.9 cm³/mol. The zero-order valence-corrected chi connectivity index (χ0v) is 15.3. The summed E-state index contributed by atoms with van der Waals surface area (Å²) in [5.74, 6) is -0.0183. The molecule has 1 N–H and O–H groups in total. The zero-order chi connectivity index (χ0) is 17.9. The molecule has 4 heterocycles. The third kappa shape index (κ3) is 3.54. The molecule has 26 heavy (non-hydrogen) atoms. The number of aryl methyl sites for hydroxylation is 1. The lowest BCUT2D eigenvalue weighted by Gasteiger charge is -2.40. The van der Waals surface area contributed by atoms with Gasteiger partial charge in [-0.1, -0.05) is 0 Å². The van der Waals surface area contributed by atoms with E-state index >= 15 is 0 Å². The second-order valence-electron chi connectivity index (χ2n) is 7.24. The largest absolute Gasteiger partial charge is 0.381 e. The Hall–Kier alpha value is -2.12. The standard InChI is InChI=1S/C19H27N5O2/c1-22-10-2-3-18(22)19(25)20-8-4-16-13-23(15-6-11-26-12-7-15)14-17-5-9-21-24(16)17/h2-3,5,9-10,15-16H,4,6-8,11-14H2,1H3,(H,20,25)/t16-/m0/s1. The van der Waals surface area contributed by atoms with Crippen molar-refractivity contribution in [3.8, 4) is 0 Å². The molecule has 7 nitrogen and oxygen atoms in total. The highest BCUT2D eigenvalue weighted by atomic mass is 16.5. The van der Waals surface area contributed by atoms with Crippen molar-refractivity contribution in [1.82, 2.24) is 24.6 Å². The molecule has 1 saturated heterocycles. The minimum absolute atomic E-state index is 0.0183. The lowest BCUT2D eigenvalue weighted by Crippen LogP contribution is -2.46. The summed E-state index contributed by atoms with van der Waals surface area (Å²) in [5, 5.41) is 7.58. The molecule has 7 heteroatoms. The smallest absolute Gasteiger partial charge is 0.267 e. The van der Waals surface area contributed by atoms with E-state index in [1.54, 1.807) is 0 Å². The van der Waals surface area contributed by atoms with Crippen molar-refractivity contribution < 1.29 is 9.53 Å². The number of hydrogen-bond acceptors (Lipinski definition) is 4. The monoisotopic (exact) mass is 357 g/mol. The first kappa shape index (κ1) is 17.3. The average Bonchev–Trinajstić information content (AvgIpc) is 3.31. The average molecular weight is 357 g/mol. The van der Waals surface area contributed by atoms with Crippen molar-refractivity contribution in [2.24, 2.45) is 7.05 Å². The molecular weight excluding hydrogens is 330 g/mol. The molecule has 0 saturated carbocycles. The van der Waals surface area contributed by atoms with E-state index in [9.17, 15) is 4.79 Å². The number of carbonyl (C=O) groups is 1. The van der Waals surface area contributed by atoms with Gasteiger partial charge in [0.05, 0.1) is 11.7 Å². The quantitative estimate of drug-likeness (QED) is 0.882. The molecule has 2 aromatic rings. The molecule has 4 rings (SSSR count). The van der Waals surface area contributed by atoms with Crippen LogP contribution in [0.5, 0.6) is 0 Å². The van der Waals surface area contributed by atoms with Crippen LogP contribution < -0.4 is 5.32 Å². The Labute approximate surface area is 153 Å². The van der Waals surface area contributed by atoms with Crippen LogP contribution >= 0.6 is 0 Å². The molecule has 1 fully saturated rings. The van der Waals surface area contributed by atoms with Gasteiger partial charge in [-0.2, -0.15) is 5.10 Å². The van der Waals surface area contributed by atoms with Gasteiger partial charge in [-0.3, -0.25) is 14.4 Å². The van der Waals surface area contributed by atoms with Gasteiger partial charge in [-0.05, 0) is 37.5 Å². The third-order valence-electron chi connectivity index (χ3n) is 5.56. The number of amides is 1. The highest BCUT2D eigenvalue weighted by molar-refractivity contribution is 5.92. The Morgan fingerprint density at radius 3 is 2.96 bits per heavy atom. The van der Waals surface area contributed by atoms with E-state index in [0.29, 0.717) is 24.3 Å². The molecule has 0 bridgehead atoms. The van der Waals surface area contributed by atoms with Crippen molar-refractivity contribution in [3.05, 3.63) is 42.0 Å². The third-order valence-corrected chi connectivity index (χ3v) is 5.56. The van der Waals surface area contributed by atoms with Crippen molar-refractivity contribution >= 4 is 5.91 Å². The molecule has 1 atom stereocenters. The van der Waals surface area contributed by atoms with Crippen LogP contribution in [0.3, 0.4) is 0 Å². The van der Waals surface area contributed by atoms with Gasteiger partial charge in [-0.25, -0.2) is 0 Å². The fourth-order valence-corrected chi connectivity index (χ4v) is 4.10. The number of hydrogen-bond donors (Lipinski definition) is 1. The lowest BCUT2D eigenvalue weighted by atomic mass is 10.0. The molecule has 2 aromatic heterocycles. The predicted octanol–water partition coefficient (Wildman–Crippen LogP) is 1.58. The maximum atomic E-state index is 12.3. The summed E-state index contributed by atoms with van der Waals surface area (Å²) in [6.07, 6.45) is 6.86. The summed E-state index contributed by atoms with van der Waals surface area (Å²) in [6.45, 7) is 4.31. The molecule has 2 aliphatic rings. The van der Waals surface area contributed by atoms with E-state index in [1.165, 1.54) is 5.69 Å². The summed E-state index contributed by atoms with van der Waals surface area (Å²) in [7, 11) is 1.89. The van der Waals surface area contributed by atoms with Gasteiger partial charge in [0.2, 0.25) is 0 Å². The Morgan fingerprint density at radius 2 is 2.19 bits per heavy atom. The van der Waals surface area contributed by atoms with Crippen molar-refractivity contribution in [2.45, 2.75) is 37.9 Å². The van der Waals surface area contributed by atoms with E-state index < -0.39 is 0 Å². The number of carbonyl (C=O) groups excluding carboxylic acids is 1. The van der Waals surface area contributed by atoms with Crippen LogP contribution in [-0.4, -0.2) is 57.5 Å². The molecule has 0 radical (unpaired) electrons. The van der Waals surface area contributed by atoms with Gasteiger partial charge in [0.1, 0.15) is 5.69 Å². The highest BCUT2D eigenvalue weighted by Crippen LogP contribution is 2.27. The second-order valence-corrected chi connectivity index (χ2v) is 7.24. The Morgan fingerprint density at radius 1 is 1.35 bits per heavy atom. The second kappa shape index (κ2) is 7.63. The van der Waals surface area contributed by atoms with Crippen LogP contribution in [-0.2, 0) is 18.3 Å². The number of ether oxygens (including phenoxy) is 1. The number of nitrogens with zero attached hydrogens (tertiary/aromatic N) is 4. The van der Waals surface area contributed by atoms with Crippen LogP contribution in [0.25, 0.3) is 0 Å². The van der Waals surface area contributed by atoms with Gasteiger partial charge in [-0.15, -0.1) is 0 Å². The fourth-order valence-electron chi connectivity index (χ4n) is 4.10.